The van der Waals surface area contributed by atoms with Crippen molar-refractivity contribution in [2.75, 3.05) is 6.54 Å². The molecule has 86 valence electrons. The van der Waals surface area contributed by atoms with E-state index >= 15 is 0 Å². The maximum atomic E-state index is 8.68. The highest BCUT2D eigenvalue weighted by molar-refractivity contribution is 6.30. The van der Waals surface area contributed by atoms with E-state index in [4.69, 9.17) is 22.6 Å². The lowest BCUT2D eigenvalue weighted by Gasteiger charge is -2.14. The van der Waals surface area contributed by atoms with E-state index in [1.807, 2.05) is 18.2 Å². The van der Waals surface area contributed by atoms with Crippen molar-refractivity contribution in [3.05, 3.63) is 47.0 Å². The Morgan fingerprint density at radius 1 is 1.41 bits per heavy atom. The maximum absolute atomic E-state index is 8.68. The lowest BCUT2D eigenvalue weighted by Crippen LogP contribution is -2.21. The van der Waals surface area contributed by atoms with Gasteiger partial charge in [0.25, 0.3) is 5.82 Å². The van der Waals surface area contributed by atoms with Crippen molar-refractivity contribution in [3.8, 4) is 6.07 Å². The van der Waals surface area contributed by atoms with Gasteiger partial charge in [-0.25, -0.2) is 9.67 Å². The summed E-state index contributed by atoms with van der Waals surface area (Å²) in [5, 5.41) is 13.4. The predicted molar refractivity (Wildman–Crippen MR) is 63.4 cm³/mol. The van der Waals surface area contributed by atoms with E-state index in [1.165, 1.54) is 6.33 Å². The number of nitriles is 1. The van der Waals surface area contributed by atoms with Gasteiger partial charge in [-0.3, -0.25) is 0 Å². The summed E-state index contributed by atoms with van der Waals surface area (Å²) >= 11 is 5.82. The van der Waals surface area contributed by atoms with Crippen molar-refractivity contribution in [2.24, 2.45) is 5.73 Å². The number of nitrogens with two attached hydrogens (primary N) is 1. The highest BCUT2D eigenvalue weighted by Gasteiger charge is 2.13. The molecule has 1 aromatic heterocycles. The quantitative estimate of drug-likeness (QED) is 0.888. The Bertz CT molecular complexity index is 540. The Labute approximate surface area is 103 Å². The summed E-state index contributed by atoms with van der Waals surface area (Å²) in [4.78, 5) is 3.86. The Kier molecular flexibility index (Phi) is 3.38. The molecule has 0 aliphatic heterocycles. The van der Waals surface area contributed by atoms with E-state index in [9.17, 15) is 0 Å². The molecule has 2 rings (SSSR count). The van der Waals surface area contributed by atoms with Crippen molar-refractivity contribution in [1.29, 1.82) is 5.26 Å². The number of nitrogens with zero attached hydrogens (tertiary/aromatic N) is 4. The van der Waals surface area contributed by atoms with Gasteiger partial charge in [0.1, 0.15) is 12.4 Å². The molecule has 2 aromatic rings. The van der Waals surface area contributed by atoms with Crippen LogP contribution < -0.4 is 5.73 Å². The molecule has 1 unspecified atom stereocenters. The van der Waals surface area contributed by atoms with Crippen molar-refractivity contribution in [1.82, 2.24) is 14.8 Å². The topological polar surface area (TPSA) is 80.5 Å². The average molecular weight is 248 g/mol. The van der Waals surface area contributed by atoms with Gasteiger partial charge in [-0.1, -0.05) is 23.7 Å². The minimum Gasteiger partial charge on any atom is -0.328 e. The molecular formula is C11H10ClN5. The summed E-state index contributed by atoms with van der Waals surface area (Å²) in [6.07, 6.45) is 1.50. The van der Waals surface area contributed by atoms with Gasteiger partial charge in [-0.2, -0.15) is 5.26 Å². The molecule has 0 aliphatic carbocycles. The first kappa shape index (κ1) is 11.6. The fraction of sp³-hybridized carbons (Fsp3) is 0.182. The fourth-order valence-corrected chi connectivity index (χ4v) is 1.68. The first-order chi connectivity index (χ1) is 8.24. The van der Waals surface area contributed by atoms with Gasteiger partial charge in [-0.15, -0.1) is 5.10 Å². The molecule has 0 spiro atoms. The molecule has 0 radical (unpaired) electrons. The zero-order valence-corrected chi connectivity index (χ0v) is 9.67. The number of hydrogen-bond acceptors (Lipinski definition) is 4. The van der Waals surface area contributed by atoms with Gasteiger partial charge >= 0.3 is 0 Å². The fourth-order valence-electron chi connectivity index (χ4n) is 1.56. The molecule has 1 atom stereocenters. The molecule has 2 N–H and O–H groups in total. The molecule has 0 saturated heterocycles. The number of benzene rings is 1. The monoisotopic (exact) mass is 247 g/mol. The molecule has 0 saturated carbocycles. The highest BCUT2D eigenvalue weighted by Crippen LogP contribution is 2.18. The third-order valence-electron chi connectivity index (χ3n) is 2.41. The molecule has 0 amide bonds. The van der Waals surface area contributed by atoms with Crippen LogP contribution in [0.4, 0.5) is 0 Å². The van der Waals surface area contributed by atoms with Gasteiger partial charge in [0.2, 0.25) is 0 Å². The molecule has 0 fully saturated rings. The van der Waals surface area contributed by atoms with Crippen LogP contribution in [0.2, 0.25) is 5.02 Å². The summed E-state index contributed by atoms with van der Waals surface area (Å²) in [7, 11) is 0. The minimum absolute atomic E-state index is 0.136. The highest BCUT2D eigenvalue weighted by atomic mass is 35.5. The second kappa shape index (κ2) is 4.95. The van der Waals surface area contributed by atoms with Gasteiger partial charge in [0.05, 0.1) is 6.04 Å². The van der Waals surface area contributed by atoms with Gasteiger partial charge in [0, 0.05) is 11.6 Å². The number of hydrogen-bond donors (Lipinski definition) is 1. The summed E-state index contributed by atoms with van der Waals surface area (Å²) in [5.41, 5.74) is 6.70. The maximum Gasteiger partial charge on any atom is 0.252 e. The van der Waals surface area contributed by atoms with Crippen molar-refractivity contribution in [2.45, 2.75) is 6.04 Å². The molecule has 17 heavy (non-hydrogen) atoms. The first-order valence-corrected chi connectivity index (χ1v) is 5.39. The number of halogens is 1. The van der Waals surface area contributed by atoms with Crippen molar-refractivity contribution in [3.63, 3.8) is 0 Å². The van der Waals surface area contributed by atoms with Gasteiger partial charge in [0.15, 0.2) is 0 Å². The smallest absolute Gasteiger partial charge is 0.252 e. The Hall–Kier alpha value is -1.90. The van der Waals surface area contributed by atoms with E-state index < -0.39 is 0 Å². The molecule has 0 bridgehead atoms. The largest absolute Gasteiger partial charge is 0.328 e. The van der Waals surface area contributed by atoms with E-state index in [0.29, 0.717) is 11.6 Å². The van der Waals surface area contributed by atoms with Crippen LogP contribution in [-0.2, 0) is 0 Å². The summed E-state index contributed by atoms with van der Waals surface area (Å²) in [6, 6.07) is 9.10. The number of rotatable bonds is 3. The zero-order valence-electron chi connectivity index (χ0n) is 8.92. The van der Waals surface area contributed by atoms with Crippen LogP contribution in [0.1, 0.15) is 17.4 Å². The zero-order chi connectivity index (χ0) is 12.3. The van der Waals surface area contributed by atoms with Crippen LogP contribution in [-0.4, -0.2) is 21.3 Å². The average Bonchev–Trinajstić information content (AvgIpc) is 2.81. The van der Waals surface area contributed by atoms with E-state index in [-0.39, 0.29) is 11.9 Å². The summed E-state index contributed by atoms with van der Waals surface area (Å²) in [6.45, 7) is 0.371. The van der Waals surface area contributed by atoms with Crippen molar-refractivity contribution < 1.29 is 0 Å². The summed E-state index contributed by atoms with van der Waals surface area (Å²) in [5.74, 6) is 0.136. The third-order valence-corrected chi connectivity index (χ3v) is 2.66. The molecule has 5 nitrogen and oxygen atoms in total. The summed E-state index contributed by atoms with van der Waals surface area (Å²) < 4.78 is 1.59. The predicted octanol–water partition coefficient (Wildman–Crippen LogP) is 1.35. The van der Waals surface area contributed by atoms with Crippen LogP contribution in [0.5, 0.6) is 0 Å². The van der Waals surface area contributed by atoms with E-state index in [0.717, 1.165) is 5.56 Å². The Balaban J connectivity index is 2.33. The standard InChI is InChI=1S/C11H10ClN5/c12-9-3-1-8(2-4-9)10(5-13)17-7-15-11(6-14)16-17/h1-4,7,10H,5,13H2. The third kappa shape index (κ3) is 2.44. The molecule has 0 aliphatic rings. The minimum atomic E-state index is -0.137. The van der Waals surface area contributed by atoms with Crippen LogP contribution in [0.25, 0.3) is 0 Å². The normalized spacial score (nSPS) is 12.1. The van der Waals surface area contributed by atoms with Crippen LogP contribution in [0.15, 0.2) is 30.6 Å². The van der Waals surface area contributed by atoms with Crippen molar-refractivity contribution >= 4 is 11.6 Å². The lowest BCUT2D eigenvalue weighted by atomic mass is 10.1. The lowest BCUT2D eigenvalue weighted by molar-refractivity contribution is 0.529. The van der Waals surface area contributed by atoms with Crippen LogP contribution in [0, 0.1) is 11.3 Å². The van der Waals surface area contributed by atoms with Crippen LogP contribution in [0.3, 0.4) is 0 Å². The Morgan fingerprint density at radius 3 is 2.65 bits per heavy atom. The van der Waals surface area contributed by atoms with E-state index in [1.54, 1.807) is 16.8 Å². The van der Waals surface area contributed by atoms with E-state index in [2.05, 4.69) is 10.1 Å². The second-order valence-corrected chi connectivity index (χ2v) is 3.90. The van der Waals surface area contributed by atoms with Gasteiger partial charge < -0.3 is 5.73 Å². The molecule has 1 heterocycles. The molecule has 1 aromatic carbocycles. The SMILES string of the molecule is N#Cc1ncn(C(CN)c2ccc(Cl)cc2)n1. The first-order valence-electron chi connectivity index (χ1n) is 5.01. The Morgan fingerprint density at radius 2 is 2.12 bits per heavy atom. The molecular weight excluding hydrogens is 238 g/mol. The number of aromatic nitrogens is 3. The van der Waals surface area contributed by atoms with Gasteiger partial charge in [-0.05, 0) is 17.7 Å². The molecule has 6 heteroatoms. The van der Waals surface area contributed by atoms with Crippen LogP contribution >= 0.6 is 11.6 Å². The second-order valence-electron chi connectivity index (χ2n) is 3.46.